The Hall–Kier alpha value is -2.82. The van der Waals surface area contributed by atoms with Crippen molar-refractivity contribution in [2.45, 2.75) is 20.0 Å². The molecule has 0 spiro atoms. The van der Waals surface area contributed by atoms with Crippen LogP contribution >= 0.6 is 0 Å². The first kappa shape index (κ1) is 16.5. The van der Waals surface area contributed by atoms with E-state index in [4.69, 9.17) is 15.2 Å². The van der Waals surface area contributed by atoms with Gasteiger partial charge in [-0.3, -0.25) is 4.79 Å². The molecule has 0 saturated carbocycles. The van der Waals surface area contributed by atoms with E-state index in [0.29, 0.717) is 11.3 Å². The van der Waals surface area contributed by atoms with Gasteiger partial charge in [0.1, 0.15) is 11.9 Å². The second-order valence-electron chi connectivity index (χ2n) is 5.23. The van der Waals surface area contributed by atoms with Gasteiger partial charge >= 0.3 is 5.97 Å². The average Bonchev–Trinajstić information content (AvgIpc) is 2.53. The normalized spacial score (nSPS) is 11.6. The van der Waals surface area contributed by atoms with Crippen LogP contribution in [0.25, 0.3) is 0 Å². The van der Waals surface area contributed by atoms with Crippen molar-refractivity contribution >= 4 is 11.9 Å². The van der Waals surface area contributed by atoms with Gasteiger partial charge in [-0.15, -0.1) is 0 Å². The van der Waals surface area contributed by atoms with E-state index in [2.05, 4.69) is 0 Å². The summed E-state index contributed by atoms with van der Waals surface area (Å²) in [6.45, 7) is 3.55. The van der Waals surface area contributed by atoms with Crippen molar-refractivity contribution in [3.63, 3.8) is 0 Å². The maximum absolute atomic E-state index is 11.9. The number of carbonyl (C=O) groups excluding carboxylic acids is 2. The minimum absolute atomic E-state index is 0.238. The Morgan fingerprint density at radius 3 is 2.57 bits per heavy atom. The molecule has 0 saturated heterocycles. The van der Waals surface area contributed by atoms with Crippen LogP contribution in [0.3, 0.4) is 0 Å². The molecule has 5 nitrogen and oxygen atoms in total. The third kappa shape index (κ3) is 4.85. The molecule has 23 heavy (non-hydrogen) atoms. The van der Waals surface area contributed by atoms with Gasteiger partial charge in [-0.2, -0.15) is 0 Å². The Bertz CT molecular complexity index is 712. The van der Waals surface area contributed by atoms with Crippen molar-refractivity contribution in [2.24, 2.45) is 5.73 Å². The Kier molecular flexibility index (Phi) is 5.36. The number of nitrogens with two attached hydrogens (primary N) is 1. The van der Waals surface area contributed by atoms with Gasteiger partial charge in [0.05, 0.1) is 0 Å². The topological polar surface area (TPSA) is 78.6 Å². The van der Waals surface area contributed by atoms with Gasteiger partial charge in [0.2, 0.25) is 5.91 Å². The molecular formula is C18H19NO4. The predicted molar refractivity (Wildman–Crippen MR) is 86.1 cm³/mol. The molecule has 0 aliphatic rings. The molecule has 5 heteroatoms. The number of primary amides is 1. The van der Waals surface area contributed by atoms with Gasteiger partial charge in [-0.25, -0.2) is 4.79 Å². The summed E-state index contributed by atoms with van der Waals surface area (Å²) in [5.41, 5.74) is 7.54. The van der Waals surface area contributed by atoms with Crippen LogP contribution in [0.2, 0.25) is 0 Å². The zero-order chi connectivity index (χ0) is 16.8. The van der Waals surface area contributed by atoms with Gasteiger partial charge in [0.15, 0.2) is 6.61 Å². The van der Waals surface area contributed by atoms with Gasteiger partial charge < -0.3 is 15.2 Å². The molecule has 0 fully saturated rings. The average molecular weight is 313 g/mol. The molecule has 0 aromatic heterocycles. The molecule has 0 unspecified atom stereocenters. The molecule has 2 rings (SSSR count). The van der Waals surface area contributed by atoms with E-state index in [-0.39, 0.29) is 12.7 Å². The second-order valence-corrected chi connectivity index (χ2v) is 5.23. The van der Waals surface area contributed by atoms with Crippen LogP contribution in [0, 0.1) is 6.92 Å². The lowest BCUT2D eigenvalue weighted by Gasteiger charge is -2.14. The molecule has 2 N–H and O–H groups in total. The molecule has 1 atom stereocenters. The highest BCUT2D eigenvalue weighted by atomic mass is 16.6. The maximum Gasteiger partial charge on any atom is 0.344 e. The largest absolute Gasteiger partial charge is 0.482 e. The van der Waals surface area contributed by atoms with Gasteiger partial charge in [0, 0.05) is 5.56 Å². The van der Waals surface area contributed by atoms with Crippen LogP contribution < -0.4 is 10.5 Å². The lowest BCUT2D eigenvalue weighted by Crippen LogP contribution is -2.17. The standard InChI is InChI=1S/C18H19NO4/c1-12-5-3-6-14(9-12)13(2)23-17(20)11-22-16-8-4-7-15(10-16)18(19)21/h3-10,13H,11H2,1-2H3,(H2,19,21)/t13-/m0/s1. The Morgan fingerprint density at radius 1 is 1.13 bits per heavy atom. The van der Waals surface area contributed by atoms with Crippen LogP contribution in [0.5, 0.6) is 5.75 Å². The third-order valence-corrected chi connectivity index (χ3v) is 3.30. The van der Waals surface area contributed by atoms with Crippen molar-refractivity contribution in [1.82, 2.24) is 0 Å². The Morgan fingerprint density at radius 2 is 1.87 bits per heavy atom. The number of aryl methyl sites for hydroxylation is 1. The molecular weight excluding hydrogens is 294 g/mol. The monoisotopic (exact) mass is 313 g/mol. The quantitative estimate of drug-likeness (QED) is 0.832. The summed E-state index contributed by atoms with van der Waals surface area (Å²) in [7, 11) is 0. The molecule has 0 radical (unpaired) electrons. The highest BCUT2D eigenvalue weighted by Gasteiger charge is 2.13. The van der Waals surface area contributed by atoms with E-state index in [1.54, 1.807) is 25.1 Å². The van der Waals surface area contributed by atoms with E-state index in [9.17, 15) is 9.59 Å². The summed E-state index contributed by atoms with van der Waals surface area (Å²) >= 11 is 0. The second kappa shape index (κ2) is 7.45. The Labute approximate surface area is 135 Å². The molecule has 120 valence electrons. The van der Waals surface area contributed by atoms with Crippen LogP contribution in [-0.2, 0) is 9.53 Å². The number of amides is 1. The first-order valence-corrected chi connectivity index (χ1v) is 7.24. The van der Waals surface area contributed by atoms with Crippen LogP contribution in [0.15, 0.2) is 48.5 Å². The van der Waals surface area contributed by atoms with Crippen molar-refractivity contribution in [3.05, 3.63) is 65.2 Å². The fourth-order valence-electron chi connectivity index (χ4n) is 2.10. The van der Waals surface area contributed by atoms with E-state index in [1.165, 1.54) is 6.07 Å². The number of carbonyl (C=O) groups is 2. The number of hydrogen-bond acceptors (Lipinski definition) is 4. The molecule has 0 aliphatic heterocycles. The zero-order valence-corrected chi connectivity index (χ0v) is 13.1. The zero-order valence-electron chi connectivity index (χ0n) is 13.1. The maximum atomic E-state index is 11.9. The number of hydrogen-bond donors (Lipinski definition) is 1. The summed E-state index contributed by atoms with van der Waals surface area (Å²) in [6.07, 6.45) is -0.358. The first-order valence-electron chi connectivity index (χ1n) is 7.24. The number of benzene rings is 2. The summed E-state index contributed by atoms with van der Waals surface area (Å²) in [5, 5.41) is 0. The summed E-state index contributed by atoms with van der Waals surface area (Å²) < 4.78 is 10.7. The molecule has 0 heterocycles. The van der Waals surface area contributed by atoms with Gasteiger partial charge in [-0.05, 0) is 37.6 Å². The lowest BCUT2D eigenvalue weighted by molar-refractivity contribution is -0.151. The number of rotatable bonds is 6. The third-order valence-electron chi connectivity index (χ3n) is 3.30. The molecule has 0 bridgehead atoms. The van der Waals surface area contributed by atoms with Crippen molar-refractivity contribution in [2.75, 3.05) is 6.61 Å². The van der Waals surface area contributed by atoms with Crippen molar-refractivity contribution < 1.29 is 19.1 Å². The summed E-state index contributed by atoms with van der Waals surface area (Å²) in [4.78, 5) is 23.0. The molecule has 2 aromatic carbocycles. The minimum atomic E-state index is -0.550. The number of ether oxygens (including phenoxy) is 2. The first-order chi connectivity index (χ1) is 11.0. The Balaban J connectivity index is 1.90. The van der Waals surface area contributed by atoms with Gasteiger partial charge in [-0.1, -0.05) is 35.9 Å². The highest BCUT2D eigenvalue weighted by molar-refractivity contribution is 5.93. The number of esters is 1. The molecule has 2 aromatic rings. The van der Waals surface area contributed by atoms with E-state index < -0.39 is 11.9 Å². The smallest absolute Gasteiger partial charge is 0.344 e. The predicted octanol–water partition coefficient (Wildman–Crippen LogP) is 2.78. The fraction of sp³-hybridized carbons (Fsp3) is 0.222. The van der Waals surface area contributed by atoms with Crippen LogP contribution in [0.1, 0.15) is 34.5 Å². The fourth-order valence-corrected chi connectivity index (χ4v) is 2.10. The molecule has 0 aliphatic carbocycles. The van der Waals surface area contributed by atoms with E-state index in [1.807, 2.05) is 31.2 Å². The SMILES string of the molecule is Cc1cccc([C@H](C)OC(=O)COc2cccc(C(N)=O)c2)c1. The van der Waals surface area contributed by atoms with Crippen molar-refractivity contribution in [1.29, 1.82) is 0 Å². The lowest BCUT2D eigenvalue weighted by atomic mass is 10.1. The van der Waals surface area contributed by atoms with Gasteiger partial charge in [0.25, 0.3) is 0 Å². The summed E-state index contributed by atoms with van der Waals surface area (Å²) in [6, 6.07) is 14.1. The summed E-state index contributed by atoms with van der Waals surface area (Å²) in [5.74, 6) is -0.643. The highest BCUT2D eigenvalue weighted by Crippen LogP contribution is 2.18. The van der Waals surface area contributed by atoms with E-state index >= 15 is 0 Å². The van der Waals surface area contributed by atoms with E-state index in [0.717, 1.165) is 11.1 Å². The molecule has 1 amide bonds. The van der Waals surface area contributed by atoms with Crippen molar-refractivity contribution in [3.8, 4) is 5.75 Å². The minimum Gasteiger partial charge on any atom is -0.482 e. The van der Waals surface area contributed by atoms with Crippen LogP contribution in [0.4, 0.5) is 0 Å². The van der Waals surface area contributed by atoms with Crippen LogP contribution in [-0.4, -0.2) is 18.5 Å².